The van der Waals surface area contributed by atoms with Crippen LogP contribution in [0.2, 0.25) is 0 Å². The van der Waals surface area contributed by atoms with Gasteiger partial charge < -0.3 is 21.1 Å². The molecule has 0 aliphatic carbocycles. The molecule has 0 bridgehead atoms. The summed E-state index contributed by atoms with van der Waals surface area (Å²) in [5, 5.41) is 19.4. The first-order valence-electron chi connectivity index (χ1n) is 8.53. The number of aliphatic imine (C=N–C) groups is 2. The fourth-order valence-corrected chi connectivity index (χ4v) is 3.43. The van der Waals surface area contributed by atoms with Gasteiger partial charge in [0.15, 0.2) is 5.82 Å². The van der Waals surface area contributed by atoms with E-state index in [1.54, 1.807) is 24.5 Å². The maximum absolute atomic E-state index is 9.79. The molecule has 2 aliphatic rings. The number of anilines is 2. The van der Waals surface area contributed by atoms with Gasteiger partial charge in [0, 0.05) is 24.2 Å². The average Bonchev–Trinajstić information content (AvgIpc) is 3.22. The molecular formula is C19H17N7O. The van der Waals surface area contributed by atoms with E-state index in [4.69, 9.17) is 9.98 Å². The monoisotopic (exact) mass is 359 g/mol. The lowest BCUT2D eigenvalue weighted by Crippen LogP contribution is -2.36. The number of benzene rings is 1. The number of nitrogens with zero attached hydrogens (tertiary/aromatic N) is 4. The van der Waals surface area contributed by atoms with Gasteiger partial charge >= 0.3 is 0 Å². The van der Waals surface area contributed by atoms with Crippen molar-refractivity contribution in [3.63, 3.8) is 0 Å². The molecule has 1 aromatic carbocycles. The van der Waals surface area contributed by atoms with E-state index >= 15 is 0 Å². The van der Waals surface area contributed by atoms with Crippen molar-refractivity contribution in [2.24, 2.45) is 9.98 Å². The van der Waals surface area contributed by atoms with Gasteiger partial charge in [-0.2, -0.15) is 0 Å². The molecule has 8 heteroatoms. The quantitative estimate of drug-likeness (QED) is 0.576. The van der Waals surface area contributed by atoms with E-state index in [1.165, 1.54) is 0 Å². The first-order valence-corrected chi connectivity index (χ1v) is 8.53. The summed E-state index contributed by atoms with van der Waals surface area (Å²) in [6.45, 7) is 1.90. The van der Waals surface area contributed by atoms with E-state index in [2.05, 4.69) is 20.9 Å². The number of rotatable bonds is 3. The molecule has 4 heterocycles. The number of imidazole rings is 1. The highest BCUT2D eigenvalue weighted by atomic mass is 16.3. The van der Waals surface area contributed by atoms with Crippen molar-refractivity contribution < 1.29 is 5.11 Å². The largest absolute Gasteiger partial charge is 0.508 e. The lowest BCUT2D eigenvalue weighted by atomic mass is 10.0. The van der Waals surface area contributed by atoms with Gasteiger partial charge in [0.2, 0.25) is 5.66 Å². The van der Waals surface area contributed by atoms with Gasteiger partial charge in [0.05, 0.1) is 12.0 Å². The predicted octanol–water partition coefficient (Wildman–Crippen LogP) is 2.43. The number of amidine groups is 1. The Morgan fingerprint density at radius 1 is 1.15 bits per heavy atom. The highest BCUT2D eigenvalue weighted by Gasteiger charge is 2.45. The molecule has 0 fully saturated rings. The van der Waals surface area contributed by atoms with Crippen molar-refractivity contribution in [1.29, 1.82) is 0 Å². The lowest BCUT2D eigenvalue weighted by molar-refractivity contribution is 0.475. The third-order valence-electron chi connectivity index (χ3n) is 4.57. The van der Waals surface area contributed by atoms with E-state index in [-0.39, 0.29) is 5.75 Å². The zero-order valence-electron chi connectivity index (χ0n) is 14.5. The molecule has 0 radical (unpaired) electrons. The SMILES string of the molecule is CC1=NC2(c3c(Nc4cccc(O)c4)nc4ccccn34)N=CNC2=CN1. The number of phenols is 1. The topological polar surface area (TPSA) is 98.3 Å². The standard InChI is InChI=1S/C19H17N7O/c1-12-20-10-15-19(25-12,22-11-21-15)17-18(23-13-5-4-6-14(27)9-13)24-16-7-2-3-8-26(16)17/h2-11,23,27H,1H3,(H,20,25)(H,21,22). The average molecular weight is 359 g/mol. The molecule has 1 unspecified atom stereocenters. The van der Waals surface area contributed by atoms with Crippen molar-refractivity contribution in [2.75, 3.05) is 5.32 Å². The molecule has 8 nitrogen and oxygen atoms in total. The summed E-state index contributed by atoms with van der Waals surface area (Å²) in [5.41, 5.74) is 2.16. The smallest absolute Gasteiger partial charge is 0.239 e. The Morgan fingerprint density at radius 3 is 2.96 bits per heavy atom. The van der Waals surface area contributed by atoms with E-state index in [9.17, 15) is 5.11 Å². The molecule has 2 aromatic heterocycles. The van der Waals surface area contributed by atoms with Crippen LogP contribution in [-0.2, 0) is 5.66 Å². The predicted molar refractivity (Wildman–Crippen MR) is 104 cm³/mol. The molecule has 0 amide bonds. The number of hydrogen-bond donors (Lipinski definition) is 4. The minimum absolute atomic E-state index is 0.181. The van der Waals surface area contributed by atoms with Crippen LogP contribution in [0.5, 0.6) is 5.75 Å². The van der Waals surface area contributed by atoms with Gasteiger partial charge in [-0.05, 0) is 31.2 Å². The zero-order valence-corrected chi connectivity index (χ0v) is 14.5. The number of phenolic OH excluding ortho intramolecular Hbond substituents is 1. The molecule has 27 heavy (non-hydrogen) atoms. The molecule has 3 aromatic rings. The lowest BCUT2D eigenvalue weighted by Gasteiger charge is -2.28. The molecule has 0 spiro atoms. The summed E-state index contributed by atoms with van der Waals surface area (Å²) in [6.07, 6.45) is 5.46. The van der Waals surface area contributed by atoms with Gasteiger partial charge in [-0.1, -0.05) is 12.1 Å². The van der Waals surface area contributed by atoms with Crippen LogP contribution in [-0.4, -0.2) is 26.7 Å². The summed E-state index contributed by atoms with van der Waals surface area (Å²) in [5.74, 6) is 1.56. The fourth-order valence-electron chi connectivity index (χ4n) is 3.43. The van der Waals surface area contributed by atoms with Crippen LogP contribution in [0.25, 0.3) is 5.65 Å². The highest BCUT2D eigenvalue weighted by Crippen LogP contribution is 2.42. The number of fused-ring (bicyclic) bond motifs is 2. The first-order chi connectivity index (χ1) is 13.2. The number of nitrogens with one attached hydrogen (secondary N) is 3. The van der Waals surface area contributed by atoms with Crippen LogP contribution in [0.4, 0.5) is 11.5 Å². The van der Waals surface area contributed by atoms with E-state index in [0.29, 0.717) is 5.82 Å². The van der Waals surface area contributed by atoms with Crippen LogP contribution in [0, 0.1) is 0 Å². The Balaban J connectivity index is 1.75. The molecule has 1 atom stereocenters. The van der Waals surface area contributed by atoms with Crippen molar-refractivity contribution >= 4 is 29.3 Å². The molecule has 0 saturated carbocycles. The Bertz CT molecular complexity index is 1140. The van der Waals surface area contributed by atoms with E-state index in [1.807, 2.05) is 48.0 Å². The normalized spacial score (nSPS) is 20.5. The third-order valence-corrected chi connectivity index (χ3v) is 4.57. The molecule has 0 saturated heterocycles. The molecule has 4 N–H and O–H groups in total. The number of hydrogen-bond acceptors (Lipinski definition) is 7. The third kappa shape index (κ3) is 2.34. The summed E-state index contributed by atoms with van der Waals surface area (Å²) < 4.78 is 1.98. The van der Waals surface area contributed by atoms with Crippen LogP contribution in [0.1, 0.15) is 12.6 Å². The second kappa shape index (κ2) is 5.60. The van der Waals surface area contributed by atoms with Gasteiger partial charge in [-0.15, -0.1) is 0 Å². The highest BCUT2D eigenvalue weighted by molar-refractivity contribution is 5.85. The van der Waals surface area contributed by atoms with Crippen molar-refractivity contribution in [3.05, 3.63) is 66.3 Å². The van der Waals surface area contributed by atoms with Crippen LogP contribution in [0.15, 0.2) is 70.5 Å². The van der Waals surface area contributed by atoms with E-state index in [0.717, 1.165) is 28.6 Å². The molecule has 134 valence electrons. The number of pyridine rings is 1. The Labute approximate surface area is 155 Å². The van der Waals surface area contributed by atoms with Crippen LogP contribution >= 0.6 is 0 Å². The second-order valence-corrected chi connectivity index (χ2v) is 6.39. The minimum atomic E-state index is -0.949. The summed E-state index contributed by atoms with van der Waals surface area (Å²) in [6, 6.07) is 12.7. The maximum atomic E-state index is 9.79. The summed E-state index contributed by atoms with van der Waals surface area (Å²) in [4.78, 5) is 14.2. The van der Waals surface area contributed by atoms with Gasteiger partial charge in [-0.25, -0.2) is 15.0 Å². The first kappa shape index (κ1) is 15.4. The summed E-state index contributed by atoms with van der Waals surface area (Å²) >= 11 is 0. The van der Waals surface area contributed by atoms with Crippen molar-refractivity contribution in [3.8, 4) is 5.75 Å². The molecular weight excluding hydrogens is 342 g/mol. The van der Waals surface area contributed by atoms with E-state index < -0.39 is 5.66 Å². The van der Waals surface area contributed by atoms with Crippen molar-refractivity contribution in [2.45, 2.75) is 12.6 Å². The Kier molecular flexibility index (Phi) is 3.20. The van der Waals surface area contributed by atoms with Crippen LogP contribution < -0.4 is 16.0 Å². The Hall–Kier alpha value is -3.81. The number of aromatic hydroxyl groups is 1. The molecule has 5 rings (SSSR count). The van der Waals surface area contributed by atoms with Crippen molar-refractivity contribution in [1.82, 2.24) is 20.0 Å². The van der Waals surface area contributed by atoms with Gasteiger partial charge in [0.1, 0.15) is 22.9 Å². The summed E-state index contributed by atoms with van der Waals surface area (Å²) in [7, 11) is 0. The number of aromatic nitrogens is 2. The fraction of sp³-hybridized carbons (Fsp3) is 0.105. The van der Waals surface area contributed by atoms with Crippen LogP contribution in [0.3, 0.4) is 0 Å². The Morgan fingerprint density at radius 2 is 2.07 bits per heavy atom. The second-order valence-electron chi connectivity index (χ2n) is 6.39. The molecule has 2 aliphatic heterocycles. The van der Waals surface area contributed by atoms with Gasteiger partial charge in [0.25, 0.3) is 0 Å². The maximum Gasteiger partial charge on any atom is 0.239 e. The minimum Gasteiger partial charge on any atom is -0.508 e. The zero-order chi connectivity index (χ0) is 18.4. The van der Waals surface area contributed by atoms with Gasteiger partial charge in [-0.3, -0.25) is 4.40 Å².